The second-order valence-electron chi connectivity index (χ2n) is 7.44. The molecule has 1 amide bonds. The van der Waals surface area contributed by atoms with Crippen LogP contribution in [0.25, 0.3) is 0 Å². The second-order valence-corrected chi connectivity index (χ2v) is 7.44. The third kappa shape index (κ3) is 4.58. The van der Waals surface area contributed by atoms with Crippen molar-refractivity contribution in [1.29, 1.82) is 0 Å². The molecule has 0 N–H and O–H groups in total. The largest absolute Gasteiger partial charge is 0.445 e. The lowest BCUT2D eigenvalue weighted by Gasteiger charge is -2.33. The van der Waals surface area contributed by atoms with Gasteiger partial charge in [0.1, 0.15) is 12.4 Å². The van der Waals surface area contributed by atoms with E-state index in [9.17, 15) is 13.6 Å². The average molecular weight is 399 g/mol. The number of fused-ring (bicyclic) bond motifs is 2. The number of hydrogen-bond donors (Lipinski definition) is 0. The Labute approximate surface area is 168 Å². The molecule has 2 aliphatic heterocycles. The Morgan fingerprint density at radius 2 is 1.83 bits per heavy atom. The molecule has 2 aromatic carbocycles. The molecule has 1 saturated heterocycles. The van der Waals surface area contributed by atoms with Gasteiger partial charge in [0.2, 0.25) is 0 Å². The van der Waals surface area contributed by atoms with Crippen LogP contribution in [0.1, 0.15) is 30.4 Å². The lowest BCUT2D eigenvalue weighted by molar-refractivity contribution is -0.0504. The molecule has 0 aliphatic carbocycles. The third-order valence-corrected chi connectivity index (χ3v) is 5.49. The topological polar surface area (TPSA) is 38.8 Å². The van der Waals surface area contributed by atoms with E-state index >= 15 is 0 Å². The smallest absolute Gasteiger partial charge is 0.410 e. The van der Waals surface area contributed by atoms with Crippen LogP contribution >= 0.6 is 0 Å². The van der Waals surface area contributed by atoms with Crippen LogP contribution in [0.3, 0.4) is 0 Å². The molecule has 2 atom stereocenters. The number of carbonyl (C=O) groups is 1. The number of halogens is 2. The summed E-state index contributed by atoms with van der Waals surface area (Å²) in [4.78, 5) is 14.5. The Bertz CT molecular complexity index is 885. The van der Waals surface area contributed by atoms with Crippen molar-refractivity contribution in [3.05, 3.63) is 77.4 Å². The van der Waals surface area contributed by atoms with Crippen LogP contribution in [-0.2, 0) is 17.8 Å². The van der Waals surface area contributed by atoms with Crippen molar-refractivity contribution in [1.82, 2.24) is 4.90 Å². The summed E-state index contributed by atoms with van der Waals surface area (Å²) in [6, 6.07) is 16.6. The van der Waals surface area contributed by atoms with E-state index in [1.165, 1.54) is 0 Å². The zero-order valence-electron chi connectivity index (χ0n) is 16.0. The van der Waals surface area contributed by atoms with Crippen LogP contribution in [0.4, 0.5) is 13.6 Å². The van der Waals surface area contributed by atoms with Crippen molar-refractivity contribution in [2.75, 3.05) is 0 Å². The highest BCUT2D eigenvalue weighted by Crippen LogP contribution is 2.37. The van der Waals surface area contributed by atoms with E-state index in [-0.39, 0.29) is 30.5 Å². The third-order valence-electron chi connectivity index (χ3n) is 5.49. The average Bonchev–Trinajstić information content (AvgIpc) is 2.99. The summed E-state index contributed by atoms with van der Waals surface area (Å²) in [7, 11) is 0. The summed E-state index contributed by atoms with van der Waals surface area (Å²) in [5, 5.41) is 0. The highest BCUT2D eigenvalue weighted by Gasteiger charge is 2.40. The van der Waals surface area contributed by atoms with Gasteiger partial charge in [-0.3, -0.25) is 4.90 Å². The number of alkyl halides is 2. The summed E-state index contributed by atoms with van der Waals surface area (Å²) in [5.74, 6) is 0.209. The first kappa shape index (κ1) is 19.4. The van der Waals surface area contributed by atoms with Gasteiger partial charge in [0, 0.05) is 6.04 Å². The van der Waals surface area contributed by atoms with Crippen molar-refractivity contribution in [3.63, 3.8) is 0 Å². The molecule has 2 heterocycles. The van der Waals surface area contributed by atoms with Crippen molar-refractivity contribution >= 4 is 6.09 Å². The van der Waals surface area contributed by atoms with Crippen molar-refractivity contribution in [2.24, 2.45) is 0 Å². The first-order valence-electron chi connectivity index (χ1n) is 9.81. The Kier molecular flexibility index (Phi) is 5.79. The van der Waals surface area contributed by atoms with Crippen molar-refractivity contribution in [2.45, 2.75) is 51.0 Å². The van der Waals surface area contributed by atoms with Gasteiger partial charge in [-0.25, -0.2) is 4.79 Å². The minimum absolute atomic E-state index is 0.00444. The molecule has 4 rings (SSSR count). The maximum absolute atomic E-state index is 12.7. The van der Waals surface area contributed by atoms with E-state index in [0.29, 0.717) is 6.42 Å². The van der Waals surface area contributed by atoms with Gasteiger partial charge in [-0.2, -0.15) is 8.78 Å². The Hall–Kier alpha value is -2.89. The van der Waals surface area contributed by atoms with Gasteiger partial charge in [0.25, 0.3) is 0 Å². The van der Waals surface area contributed by atoms with Crippen LogP contribution in [0, 0.1) is 0 Å². The zero-order chi connectivity index (χ0) is 20.2. The fourth-order valence-corrected chi connectivity index (χ4v) is 4.23. The highest BCUT2D eigenvalue weighted by atomic mass is 19.3. The molecule has 0 saturated carbocycles. The molecule has 4 nitrogen and oxygen atoms in total. The molecular formula is C23H23F2NO3. The van der Waals surface area contributed by atoms with Gasteiger partial charge in [-0.1, -0.05) is 60.2 Å². The SMILES string of the molecule is O=C(OCc1ccccc1)N1C2C=C(Cc3ccccc3OC(F)F)CC1CC2. The molecule has 152 valence electrons. The van der Waals surface area contributed by atoms with Crippen molar-refractivity contribution in [3.8, 4) is 5.75 Å². The molecule has 2 aliphatic rings. The molecule has 2 aromatic rings. The summed E-state index contributed by atoms with van der Waals surface area (Å²) in [6.07, 6.45) is 4.87. The van der Waals surface area contributed by atoms with Crippen LogP contribution in [0.2, 0.25) is 0 Å². The van der Waals surface area contributed by atoms with Crippen LogP contribution in [-0.4, -0.2) is 29.7 Å². The van der Waals surface area contributed by atoms with Gasteiger partial charge in [-0.05, 0) is 42.9 Å². The highest BCUT2D eigenvalue weighted by molar-refractivity contribution is 5.70. The fraction of sp³-hybridized carbons (Fsp3) is 0.348. The van der Waals surface area contributed by atoms with Gasteiger partial charge in [0.05, 0.1) is 6.04 Å². The Morgan fingerprint density at radius 3 is 2.59 bits per heavy atom. The first-order chi connectivity index (χ1) is 14.1. The number of nitrogens with zero attached hydrogens (tertiary/aromatic N) is 1. The van der Waals surface area contributed by atoms with Gasteiger partial charge < -0.3 is 9.47 Å². The molecule has 0 aromatic heterocycles. The molecule has 2 bridgehead atoms. The van der Waals surface area contributed by atoms with Crippen LogP contribution in [0.5, 0.6) is 5.75 Å². The normalized spacial score (nSPS) is 20.5. The molecule has 2 unspecified atom stereocenters. The first-order valence-corrected chi connectivity index (χ1v) is 9.81. The number of carbonyl (C=O) groups excluding carboxylic acids is 1. The molecule has 29 heavy (non-hydrogen) atoms. The maximum Gasteiger partial charge on any atom is 0.410 e. The Morgan fingerprint density at radius 1 is 1.07 bits per heavy atom. The fourth-order valence-electron chi connectivity index (χ4n) is 4.23. The predicted octanol–water partition coefficient (Wildman–Crippen LogP) is 5.33. The van der Waals surface area contributed by atoms with E-state index in [1.807, 2.05) is 41.3 Å². The van der Waals surface area contributed by atoms with Gasteiger partial charge in [0.15, 0.2) is 0 Å². The minimum Gasteiger partial charge on any atom is -0.445 e. The number of para-hydroxylation sites is 1. The summed E-state index contributed by atoms with van der Waals surface area (Å²) in [5.41, 5.74) is 2.84. The quantitative estimate of drug-likeness (QED) is 0.616. The number of benzene rings is 2. The van der Waals surface area contributed by atoms with Crippen LogP contribution in [0.15, 0.2) is 66.2 Å². The van der Waals surface area contributed by atoms with E-state index in [4.69, 9.17) is 4.74 Å². The Balaban J connectivity index is 1.42. The summed E-state index contributed by atoms with van der Waals surface area (Å²) >= 11 is 0. The number of rotatable bonds is 6. The predicted molar refractivity (Wildman–Crippen MR) is 105 cm³/mol. The second kappa shape index (κ2) is 8.64. The monoisotopic (exact) mass is 399 g/mol. The molecule has 0 spiro atoms. The molecule has 1 fully saturated rings. The number of ether oxygens (including phenoxy) is 2. The number of hydrogen-bond acceptors (Lipinski definition) is 3. The minimum atomic E-state index is -2.84. The number of amides is 1. The van der Waals surface area contributed by atoms with E-state index in [0.717, 1.165) is 36.0 Å². The molecule has 0 radical (unpaired) electrons. The lowest BCUT2D eigenvalue weighted by Crippen LogP contribution is -2.43. The van der Waals surface area contributed by atoms with E-state index < -0.39 is 6.61 Å². The van der Waals surface area contributed by atoms with Crippen molar-refractivity contribution < 1.29 is 23.0 Å². The zero-order valence-corrected chi connectivity index (χ0v) is 16.0. The van der Waals surface area contributed by atoms with E-state index in [1.54, 1.807) is 18.2 Å². The molecular weight excluding hydrogens is 376 g/mol. The van der Waals surface area contributed by atoms with Gasteiger partial charge >= 0.3 is 12.7 Å². The lowest BCUT2D eigenvalue weighted by atomic mass is 9.95. The standard InChI is InChI=1S/C23H23F2NO3/c24-22(25)29-21-9-5-4-8-18(21)12-17-13-19-10-11-20(14-17)26(19)23(27)28-15-16-6-2-1-3-7-16/h1-9,13,19-20,22H,10-12,14-15H2. The summed E-state index contributed by atoms with van der Waals surface area (Å²) < 4.78 is 35.5. The molecule has 6 heteroatoms. The van der Waals surface area contributed by atoms with E-state index in [2.05, 4.69) is 10.8 Å². The van der Waals surface area contributed by atoms with Crippen LogP contribution < -0.4 is 4.74 Å². The summed E-state index contributed by atoms with van der Waals surface area (Å²) in [6.45, 7) is -2.59. The van der Waals surface area contributed by atoms with Gasteiger partial charge in [-0.15, -0.1) is 0 Å². The maximum atomic E-state index is 12.7.